The normalized spacial score (nSPS) is 16.9. The van der Waals surface area contributed by atoms with Crippen LogP contribution < -0.4 is 0 Å². The number of aromatic nitrogens is 1. The highest BCUT2D eigenvalue weighted by molar-refractivity contribution is 7.86. The van der Waals surface area contributed by atoms with E-state index in [2.05, 4.69) is 13.8 Å². The van der Waals surface area contributed by atoms with E-state index in [0.717, 1.165) is 28.6 Å². The molecule has 0 N–H and O–H groups in total. The Labute approximate surface area is 136 Å². The zero-order chi connectivity index (χ0) is 17.0. The lowest BCUT2D eigenvalue weighted by Gasteiger charge is -2.19. The monoisotopic (exact) mass is 337 g/mol. The predicted octanol–water partition coefficient (Wildman–Crippen LogP) is 3.30. The Bertz CT molecular complexity index is 868. The molecule has 0 spiro atoms. The van der Waals surface area contributed by atoms with Gasteiger partial charge in [-0.25, -0.2) is 4.39 Å². The van der Waals surface area contributed by atoms with Gasteiger partial charge in [-0.1, -0.05) is 19.9 Å². The van der Waals surface area contributed by atoms with Gasteiger partial charge in [0.15, 0.2) is 0 Å². The fourth-order valence-corrected chi connectivity index (χ4v) is 4.09. The van der Waals surface area contributed by atoms with Crippen LogP contribution in [0.2, 0.25) is 0 Å². The van der Waals surface area contributed by atoms with Gasteiger partial charge in [-0.15, -0.1) is 0 Å². The van der Waals surface area contributed by atoms with Crippen LogP contribution in [0.4, 0.5) is 4.39 Å². The molecule has 3 rings (SSSR count). The van der Waals surface area contributed by atoms with Gasteiger partial charge in [-0.05, 0) is 36.2 Å². The molecule has 0 unspecified atom stereocenters. The molecule has 0 aliphatic heterocycles. The molecule has 1 aliphatic rings. The largest absolute Gasteiger partial charge is 0.345 e. The Morgan fingerprint density at radius 1 is 1.26 bits per heavy atom. The number of halogens is 1. The van der Waals surface area contributed by atoms with E-state index in [0.29, 0.717) is 6.54 Å². The molecule has 0 fully saturated rings. The van der Waals surface area contributed by atoms with Crippen LogP contribution in [0.1, 0.15) is 31.9 Å². The van der Waals surface area contributed by atoms with E-state index < -0.39 is 16.2 Å². The van der Waals surface area contributed by atoms with Crippen LogP contribution >= 0.6 is 0 Å². The van der Waals surface area contributed by atoms with Gasteiger partial charge in [-0.2, -0.15) is 8.42 Å². The van der Waals surface area contributed by atoms with E-state index in [1.54, 1.807) is 13.0 Å². The highest BCUT2D eigenvalue weighted by atomic mass is 32.2. The van der Waals surface area contributed by atoms with Crippen LogP contribution in [0.5, 0.6) is 0 Å². The molecule has 4 nitrogen and oxygen atoms in total. The summed E-state index contributed by atoms with van der Waals surface area (Å²) in [5, 5.41) is 0. The third-order valence-corrected chi connectivity index (χ3v) is 5.02. The van der Waals surface area contributed by atoms with Crippen molar-refractivity contribution >= 4 is 10.1 Å². The summed E-state index contributed by atoms with van der Waals surface area (Å²) in [5.41, 5.74) is 3.79. The van der Waals surface area contributed by atoms with Gasteiger partial charge in [-0.3, -0.25) is 4.18 Å². The van der Waals surface area contributed by atoms with Crippen LogP contribution in [-0.2, 0) is 26.3 Å². The molecule has 1 heterocycles. The SMILES string of the molecule is C[C@@H](Cn1ccc2c1-c1cc(F)ccc1C2(C)C)OS(C)(=O)=O. The molecule has 0 saturated heterocycles. The Morgan fingerprint density at radius 2 is 1.96 bits per heavy atom. The van der Waals surface area contributed by atoms with Crippen molar-refractivity contribution in [2.24, 2.45) is 0 Å². The minimum Gasteiger partial charge on any atom is -0.345 e. The molecular weight excluding hydrogens is 317 g/mol. The third kappa shape index (κ3) is 2.81. The average Bonchev–Trinajstić information content (AvgIpc) is 2.87. The fourth-order valence-electron chi connectivity index (χ4n) is 3.44. The number of fused-ring (bicyclic) bond motifs is 3. The number of rotatable bonds is 4. The molecule has 1 atom stereocenters. The molecule has 0 bridgehead atoms. The van der Waals surface area contributed by atoms with Gasteiger partial charge < -0.3 is 4.57 Å². The van der Waals surface area contributed by atoms with Crippen molar-refractivity contribution in [3.8, 4) is 11.3 Å². The Morgan fingerprint density at radius 3 is 2.61 bits per heavy atom. The molecule has 6 heteroatoms. The lowest BCUT2D eigenvalue weighted by molar-refractivity contribution is 0.210. The van der Waals surface area contributed by atoms with Crippen molar-refractivity contribution < 1.29 is 17.0 Å². The van der Waals surface area contributed by atoms with Crippen molar-refractivity contribution in [1.82, 2.24) is 4.57 Å². The van der Waals surface area contributed by atoms with Crippen LogP contribution in [0.15, 0.2) is 30.5 Å². The van der Waals surface area contributed by atoms with Gasteiger partial charge in [0.25, 0.3) is 10.1 Å². The van der Waals surface area contributed by atoms with Crippen molar-refractivity contribution in [2.75, 3.05) is 6.26 Å². The highest BCUT2D eigenvalue weighted by Crippen LogP contribution is 2.49. The lowest BCUT2D eigenvalue weighted by atomic mass is 9.83. The zero-order valence-corrected chi connectivity index (χ0v) is 14.4. The minimum atomic E-state index is -3.50. The highest BCUT2D eigenvalue weighted by Gasteiger charge is 2.38. The summed E-state index contributed by atoms with van der Waals surface area (Å²) >= 11 is 0. The van der Waals surface area contributed by atoms with E-state index in [-0.39, 0.29) is 11.2 Å². The first-order valence-corrected chi connectivity index (χ1v) is 9.29. The minimum absolute atomic E-state index is 0.204. The summed E-state index contributed by atoms with van der Waals surface area (Å²) in [5.74, 6) is -0.277. The zero-order valence-electron chi connectivity index (χ0n) is 13.6. The summed E-state index contributed by atoms with van der Waals surface area (Å²) in [4.78, 5) is 0. The lowest BCUT2D eigenvalue weighted by Crippen LogP contribution is -2.20. The van der Waals surface area contributed by atoms with E-state index in [1.165, 1.54) is 6.07 Å². The topological polar surface area (TPSA) is 48.3 Å². The standard InChI is InChI=1S/C17H20FNO3S/c1-11(22-23(4,20)21)10-19-8-7-15-16(19)13-9-12(18)5-6-14(13)17(15,2)3/h5-9,11H,10H2,1-4H3/t11-/m0/s1. The number of hydrogen-bond donors (Lipinski definition) is 0. The molecule has 23 heavy (non-hydrogen) atoms. The third-order valence-electron chi connectivity index (χ3n) is 4.34. The van der Waals surface area contributed by atoms with Crippen LogP contribution in [0.3, 0.4) is 0 Å². The molecule has 2 aromatic rings. The van der Waals surface area contributed by atoms with Gasteiger partial charge in [0.1, 0.15) is 5.82 Å². The molecule has 0 radical (unpaired) electrons. The Kier molecular flexibility index (Phi) is 3.65. The van der Waals surface area contributed by atoms with Crippen molar-refractivity contribution in [3.05, 3.63) is 47.4 Å². The number of nitrogens with zero attached hydrogens (tertiary/aromatic N) is 1. The molecule has 1 aromatic carbocycles. The van der Waals surface area contributed by atoms with E-state index in [4.69, 9.17) is 4.18 Å². The Balaban J connectivity index is 2.03. The first kappa shape index (κ1) is 16.2. The summed E-state index contributed by atoms with van der Waals surface area (Å²) < 4.78 is 43.2. The van der Waals surface area contributed by atoms with Gasteiger partial charge in [0, 0.05) is 17.2 Å². The maximum absolute atomic E-state index is 13.7. The summed E-state index contributed by atoms with van der Waals surface area (Å²) in [6.45, 7) is 6.31. The second kappa shape index (κ2) is 5.18. The van der Waals surface area contributed by atoms with Crippen molar-refractivity contribution in [3.63, 3.8) is 0 Å². The number of benzene rings is 1. The average molecular weight is 337 g/mol. The molecular formula is C17H20FNO3S. The second-order valence-corrected chi connectivity index (χ2v) is 8.26. The second-order valence-electron chi connectivity index (χ2n) is 6.66. The van der Waals surface area contributed by atoms with Gasteiger partial charge >= 0.3 is 0 Å². The first-order chi connectivity index (χ1) is 10.6. The van der Waals surface area contributed by atoms with Crippen LogP contribution in [0, 0.1) is 5.82 Å². The predicted molar refractivity (Wildman–Crippen MR) is 87.3 cm³/mol. The van der Waals surface area contributed by atoms with Crippen LogP contribution in [-0.4, -0.2) is 25.3 Å². The quantitative estimate of drug-likeness (QED) is 0.804. The molecule has 124 valence electrons. The molecule has 0 saturated carbocycles. The maximum Gasteiger partial charge on any atom is 0.264 e. The van der Waals surface area contributed by atoms with Crippen LogP contribution in [0.25, 0.3) is 11.3 Å². The summed E-state index contributed by atoms with van der Waals surface area (Å²) in [6.07, 6.45) is 2.45. The fraction of sp³-hybridized carbons (Fsp3) is 0.412. The Hall–Kier alpha value is -1.66. The first-order valence-electron chi connectivity index (χ1n) is 7.48. The van der Waals surface area contributed by atoms with E-state index in [1.807, 2.05) is 22.9 Å². The maximum atomic E-state index is 13.7. The van der Waals surface area contributed by atoms with Crippen molar-refractivity contribution in [1.29, 1.82) is 0 Å². The van der Waals surface area contributed by atoms with E-state index >= 15 is 0 Å². The van der Waals surface area contributed by atoms with Crippen molar-refractivity contribution in [2.45, 2.75) is 38.8 Å². The van der Waals surface area contributed by atoms with Gasteiger partial charge in [0.2, 0.25) is 0 Å². The smallest absolute Gasteiger partial charge is 0.264 e. The van der Waals surface area contributed by atoms with E-state index in [9.17, 15) is 12.8 Å². The molecule has 1 aromatic heterocycles. The number of hydrogen-bond acceptors (Lipinski definition) is 3. The molecule has 1 aliphatic carbocycles. The summed E-state index contributed by atoms with van der Waals surface area (Å²) in [6, 6.07) is 6.86. The molecule has 0 amide bonds. The summed E-state index contributed by atoms with van der Waals surface area (Å²) in [7, 11) is -3.50. The van der Waals surface area contributed by atoms with Gasteiger partial charge in [0.05, 0.1) is 24.6 Å².